The van der Waals surface area contributed by atoms with Crippen molar-refractivity contribution in [2.45, 2.75) is 32.2 Å². The molecule has 1 saturated heterocycles. The summed E-state index contributed by atoms with van der Waals surface area (Å²) in [5.74, 6) is -0.0694. The quantitative estimate of drug-likeness (QED) is 0.727. The molecule has 4 nitrogen and oxygen atoms in total. The average molecular weight is 252 g/mol. The van der Waals surface area contributed by atoms with Gasteiger partial charge in [-0.1, -0.05) is 6.92 Å². The Morgan fingerprint density at radius 3 is 2.75 bits per heavy atom. The molecule has 0 aromatic heterocycles. The van der Waals surface area contributed by atoms with Crippen molar-refractivity contribution in [1.82, 2.24) is 9.62 Å². The van der Waals surface area contributed by atoms with Gasteiger partial charge in [-0.15, -0.1) is 0 Å². The van der Waals surface area contributed by atoms with Crippen molar-refractivity contribution in [3.8, 4) is 0 Å². The van der Waals surface area contributed by atoms with Gasteiger partial charge in [-0.05, 0) is 25.8 Å². The monoisotopic (exact) mass is 252 g/mol. The molecule has 1 heterocycles. The number of hydrogen-bond donors (Lipinski definition) is 1. The van der Waals surface area contributed by atoms with Crippen LogP contribution in [0.4, 0.5) is 4.39 Å². The third-order valence-corrected chi connectivity index (χ3v) is 4.78. The van der Waals surface area contributed by atoms with E-state index >= 15 is 0 Å². The molecule has 1 N–H and O–H groups in total. The Kier molecular flexibility index (Phi) is 5.64. The van der Waals surface area contributed by atoms with Gasteiger partial charge in [-0.3, -0.25) is 4.39 Å². The van der Waals surface area contributed by atoms with Crippen LogP contribution in [0, 0.1) is 0 Å². The normalized spacial score (nSPS) is 21.8. The fourth-order valence-corrected chi connectivity index (χ4v) is 3.81. The summed E-state index contributed by atoms with van der Waals surface area (Å²) in [7, 11) is -3.28. The van der Waals surface area contributed by atoms with Crippen LogP contribution in [0.15, 0.2) is 0 Å². The Balaban J connectivity index is 2.67. The Morgan fingerprint density at radius 2 is 2.25 bits per heavy atom. The number of rotatable bonds is 7. The molecule has 1 atom stereocenters. The summed E-state index contributed by atoms with van der Waals surface area (Å²) < 4.78 is 37.6. The lowest BCUT2D eigenvalue weighted by Crippen LogP contribution is -2.43. The molecule has 0 aromatic carbocycles. The topological polar surface area (TPSA) is 49.4 Å². The number of nitrogens with one attached hydrogen (secondary N) is 1. The predicted molar refractivity (Wildman–Crippen MR) is 62.7 cm³/mol. The summed E-state index contributed by atoms with van der Waals surface area (Å²) in [5, 5.41) is 3.16. The number of halogens is 1. The molecular weight excluding hydrogens is 231 g/mol. The maximum atomic E-state index is 12.1. The second-order valence-corrected chi connectivity index (χ2v) is 6.16. The molecule has 1 aliphatic heterocycles. The van der Waals surface area contributed by atoms with Crippen LogP contribution in [0.25, 0.3) is 0 Å². The Labute approximate surface area is 97.3 Å². The van der Waals surface area contributed by atoms with Gasteiger partial charge < -0.3 is 5.32 Å². The van der Waals surface area contributed by atoms with Gasteiger partial charge in [-0.25, -0.2) is 8.42 Å². The zero-order valence-electron chi connectivity index (χ0n) is 9.78. The molecular formula is C10H21FN2O2S. The highest BCUT2D eigenvalue weighted by Gasteiger charge is 2.30. The summed E-state index contributed by atoms with van der Waals surface area (Å²) in [6, 6.07) is 0.0598. The second kappa shape index (κ2) is 6.51. The molecule has 1 fully saturated rings. The standard InChI is InChI=1S/C10H21FN2O2S/c1-2-7-13(10-4-6-12-9-10)16(14,15)8-3-5-11/h10,12H,2-9H2,1H3. The number of alkyl halides is 1. The second-order valence-electron chi connectivity index (χ2n) is 4.12. The van der Waals surface area contributed by atoms with Crippen molar-refractivity contribution in [2.75, 3.05) is 32.1 Å². The van der Waals surface area contributed by atoms with Gasteiger partial charge >= 0.3 is 0 Å². The first-order valence-corrected chi connectivity index (χ1v) is 7.49. The largest absolute Gasteiger partial charge is 0.315 e. The van der Waals surface area contributed by atoms with Crippen molar-refractivity contribution in [3.63, 3.8) is 0 Å². The van der Waals surface area contributed by atoms with E-state index in [0.717, 1.165) is 25.9 Å². The molecule has 1 unspecified atom stereocenters. The molecule has 1 aliphatic rings. The van der Waals surface area contributed by atoms with Crippen molar-refractivity contribution in [3.05, 3.63) is 0 Å². The summed E-state index contributed by atoms with van der Waals surface area (Å²) >= 11 is 0. The van der Waals surface area contributed by atoms with E-state index in [1.807, 2.05) is 6.92 Å². The van der Waals surface area contributed by atoms with E-state index in [0.29, 0.717) is 6.54 Å². The first-order chi connectivity index (χ1) is 7.61. The zero-order valence-corrected chi connectivity index (χ0v) is 10.6. The average Bonchev–Trinajstić information content (AvgIpc) is 2.76. The van der Waals surface area contributed by atoms with Crippen molar-refractivity contribution < 1.29 is 12.8 Å². The molecule has 0 saturated carbocycles. The SMILES string of the molecule is CCCN(C1CCNC1)S(=O)(=O)CCCF. The van der Waals surface area contributed by atoms with Gasteiger partial charge in [0.25, 0.3) is 0 Å². The van der Waals surface area contributed by atoms with Gasteiger partial charge in [-0.2, -0.15) is 4.31 Å². The van der Waals surface area contributed by atoms with Crippen LogP contribution >= 0.6 is 0 Å². The van der Waals surface area contributed by atoms with E-state index in [2.05, 4.69) is 5.32 Å². The molecule has 6 heteroatoms. The fourth-order valence-electron chi connectivity index (χ4n) is 2.01. The summed E-state index contributed by atoms with van der Waals surface area (Å²) in [5.41, 5.74) is 0. The van der Waals surface area contributed by atoms with Gasteiger partial charge in [0.1, 0.15) is 0 Å². The van der Waals surface area contributed by atoms with Crippen LogP contribution < -0.4 is 5.32 Å². The fraction of sp³-hybridized carbons (Fsp3) is 1.00. The van der Waals surface area contributed by atoms with E-state index < -0.39 is 16.7 Å². The summed E-state index contributed by atoms with van der Waals surface area (Å²) in [6.07, 6.45) is 1.75. The van der Waals surface area contributed by atoms with Crippen molar-refractivity contribution >= 4 is 10.0 Å². The highest BCUT2D eigenvalue weighted by molar-refractivity contribution is 7.89. The lowest BCUT2D eigenvalue weighted by Gasteiger charge is -2.27. The third kappa shape index (κ3) is 3.68. The maximum Gasteiger partial charge on any atom is 0.214 e. The van der Waals surface area contributed by atoms with Crippen LogP contribution in [0.2, 0.25) is 0 Å². The molecule has 16 heavy (non-hydrogen) atoms. The lowest BCUT2D eigenvalue weighted by molar-refractivity contribution is 0.333. The lowest BCUT2D eigenvalue weighted by atomic mass is 10.2. The molecule has 0 aromatic rings. The van der Waals surface area contributed by atoms with Crippen LogP contribution in [0.1, 0.15) is 26.2 Å². The highest BCUT2D eigenvalue weighted by atomic mass is 32.2. The number of sulfonamides is 1. The van der Waals surface area contributed by atoms with Crippen LogP contribution in [-0.4, -0.2) is 50.8 Å². The minimum atomic E-state index is -3.28. The molecule has 96 valence electrons. The van der Waals surface area contributed by atoms with Gasteiger partial charge in [0, 0.05) is 19.1 Å². The van der Waals surface area contributed by atoms with Crippen LogP contribution in [0.5, 0.6) is 0 Å². The Hall–Kier alpha value is -0.200. The molecule has 0 radical (unpaired) electrons. The zero-order chi connectivity index (χ0) is 12.0. The van der Waals surface area contributed by atoms with Crippen molar-refractivity contribution in [1.29, 1.82) is 0 Å². The highest BCUT2D eigenvalue weighted by Crippen LogP contribution is 2.15. The van der Waals surface area contributed by atoms with E-state index in [1.165, 1.54) is 0 Å². The maximum absolute atomic E-state index is 12.1. The van der Waals surface area contributed by atoms with Crippen LogP contribution in [-0.2, 0) is 10.0 Å². The van der Waals surface area contributed by atoms with Crippen LogP contribution in [0.3, 0.4) is 0 Å². The predicted octanol–water partition coefficient (Wildman–Crippen LogP) is 0.750. The molecule has 0 aliphatic carbocycles. The smallest absolute Gasteiger partial charge is 0.214 e. The number of nitrogens with zero attached hydrogens (tertiary/aromatic N) is 1. The molecule has 0 bridgehead atoms. The molecule has 0 spiro atoms. The third-order valence-electron chi connectivity index (χ3n) is 2.78. The summed E-state index contributed by atoms with van der Waals surface area (Å²) in [6.45, 7) is 3.52. The van der Waals surface area contributed by atoms with E-state index in [9.17, 15) is 12.8 Å². The Morgan fingerprint density at radius 1 is 1.50 bits per heavy atom. The van der Waals surface area contributed by atoms with E-state index in [1.54, 1.807) is 4.31 Å². The minimum Gasteiger partial charge on any atom is -0.315 e. The van der Waals surface area contributed by atoms with E-state index in [-0.39, 0.29) is 18.2 Å². The van der Waals surface area contributed by atoms with Gasteiger partial charge in [0.2, 0.25) is 10.0 Å². The Bertz CT molecular complexity index is 289. The number of hydrogen-bond acceptors (Lipinski definition) is 3. The molecule has 0 amide bonds. The van der Waals surface area contributed by atoms with Gasteiger partial charge in [0.15, 0.2) is 0 Å². The summed E-state index contributed by atoms with van der Waals surface area (Å²) in [4.78, 5) is 0. The first-order valence-electron chi connectivity index (χ1n) is 5.88. The first kappa shape index (κ1) is 13.9. The van der Waals surface area contributed by atoms with Crippen molar-refractivity contribution in [2.24, 2.45) is 0 Å². The van der Waals surface area contributed by atoms with Gasteiger partial charge in [0.05, 0.1) is 12.4 Å². The minimum absolute atomic E-state index is 0.0598. The van der Waals surface area contributed by atoms with E-state index in [4.69, 9.17) is 0 Å². The molecule has 1 rings (SSSR count).